The number of benzene rings is 2. The number of aromatic nitrogens is 3. The number of rotatable bonds is 3. The second kappa shape index (κ2) is 10.4. The fourth-order valence-corrected chi connectivity index (χ4v) is 5.56. The van der Waals surface area contributed by atoms with Crippen molar-refractivity contribution in [1.82, 2.24) is 20.3 Å². The maximum Gasteiger partial charge on any atom is 0.414 e. The first-order valence-corrected chi connectivity index (χ1v) is 12.4. The van der Waals surface area contributed by atoms with Gasteiger partial charge in [-0.3, -0.25) is 5.32 Å². The van der Waals surface area contributed by atoms with Crippen molar-refractivity contribution in [2.24, 2.45) is 5.92 Å². The van der Waals surface area contributed by atoms with Crippen molar-refractivity contribution >= 4 is 22.8 Å². The number of H-pyrrole nitrogens is 2. The number of imidazole rings is 1. The van der Waals surface area contributed by atoms with Crippen molar-refractivity contribution in [3.63, 3.8) is 0 Å². The van der Waals surface area contributed by atoms with Crippen LogP contribution < -0.4 is 5.32 Å². The predicted octanol–water partition coefficient (Wildman–Crippen LogP) is 5.22. The van der Waals surface area contributed by atoms with E-state index in [9.17, 15) is 0 Å². The molecule has 2 aromatic heterocycles. The number of carboxylic acids is 2. The Morgan fingerprint density at radius 2 is 1.56 bits per heavy atom. The SMILES string of the molecule is O=C(O)C(=O)O.c1ccc(-c2cnc(C3Cc4c([nH]c5ccccc45)C(C4CCCCC4)N3)[nH]2)cc1. The zero-order valence-electron chi connectivity index (χ0n) is 19.9. The van der Waals surface area contributed by atoms with E-state index in [0.29, 0.717) is 12.0 Å². The zero-order chi connectivity index (χ0) is 25.1. The third-order valence-corrected chi connectivity index (χ3v) is 7.26. The number of aliphatic carboxylic acids is 2. The summed E-state index contributed by atoms with van der Waals surface area (Å²) in [4.78, 5) is 30.4. The number of fused-ring (bicyclic) bond motifs is 3. The highest BCUT2D eigenvalue weighted by atomic mass is 16.4. The Morgan fingerprint density at radius 1 is 0.861 bits per heavy atom. The third kappa shape index (κ3) is 4.90. The van der Waals surface area contributed by atoms with E-state index in [1.54, 1.807) is 0 Å². The molecule has 1 aliphatic heterocycles. The number of aromatic amines is 2. The molecule has 1 fully saturated rings. The number of hydrogen-bond acceptors (Lipinski definition) is 4. The normalized spacial score (nSPS) is 19.8. The zero-order valence-corrected chi connectivity index (χ0v) is 19.9. The number of carbonyl (C=O) groups is 2. The molecule has 8 heteroatoms. The highest BCUT2D eigenvalue weighted by Gasteiger charge is 2.36. The fourth-order valence-electron chi connectivity index (χ4n) is 5.56. The smallest absolute Gasteiger partial charge is 0.414 e. The molecule has 0 saturated heterocycles. The quantitative estimate of drug-likeness (QED) is 0.252. The topological polar surface area (TPSA) is 131 Å². The van der Waals surface area contributed by atoms with Crippen molar-refractivity contribution in [3.05, 3.63) is 77.9 Å². The van der Waals surface area contributed by atoms with Crippen molar-refractivity contribution in [1.29, 1.82) is 0 Å². The van der Waals surface area contributed by atoms with Gasteiger partial charge in [0.05, 0.1) is 24.0 Å². The van der Waals surface area contributed by atoms with Gasteiger partial charge in [0.1, 0.15) is 5.82 Å². The monoisotopic (exact) mass is 486 g/mol. The Balaban J connectivity index is 0.000000400. The molecule has 3 heterocycles. The first-order chi connectivity index (χ1) is 17.5. The van der Waals surface area contributed by atoms with Crippen LogP contribution in [0.4, 0.5) is 0 Å². The minimum Gasteiger partial charge on any atom is -0.473 e. The predicted molar refractivity (Wildman–Crippen MR) is 136 cm³/mol. The fraction of sp³-hybridized carbons (Fsp3) is 0.321. The summed E-state index contributed by atoms with van der Waals surface area (Å²) in [5.41, 5.74) is 6.42. The van der Waals surface area contributed by atoms with E-state index < -0.39 is 11.9 Å². The largest absolute Gasteiger partial charge is 0.473 e. The Labute approximate surface area is 208 Å². The number of nitrogens with zero attached hydrogens (tertiary/aromatic N) is 1. The maximum absolute atomic E-state index is 9.10. The van der Waals surface area contributed by atoms with Gasteiger partial charge in [-0.05, 0) is 42.4 Å². The van der Waals surface area contributed by atoms with Crippen LogP contribution in [0, 0.1) is 5.92 Å². The molecule has 0 radical (unpaired) electrons. The summed E-state index contributed by atoms with van der Waals surface area (Å²) >= 11 is 0. The maximum atomic E-state index is 9.10. The first kappa shape index (κ1) is 23.8. The van der Waals surface area contributed by atoms with Crippen LogP contribution in [0.25, 0.3) is 22.2 Å². The van der Waals surface area contributed by atoms with Crippen LogP contribution in [0.5, 0.6) is 0 Å². The Kier molecular flexibility index (Phi) is 6.86. The molecule has 0 spiro atoms. The molecule has 1 aliphatic carbocycles. The Morgan fingerprint density at radius 3 is 2.28 bits per heavy atom. The molecule has 0 bridgehead atoms. The van der Waals surface area contributed by atoms with Crippen LogP contribution in [0.3, 0.4) is 0 Å². The lowest BCUT2D eigenvalue weighted by Gasteiger charge is -2.37. The van der Waals surface area contributed by atoms with Gasteiger partial charge in [-0.2, -0.15) is 0 Å². The van der Waals surface area contributed by atoms with E-state index in [-0.39, 0.29) is 6.04 Å². The van der Waals surface area contributed by atoms with Crippen molar-refractivity contribution in [3.8, 4) is 11.3 Å². The van der Waals surface area contributed by atoms with E-state index in [0.717, 1.165) is 17.9 Å². The molecule has 2 aliphatic rings. The minimum atomic E-state index is -1.82. The van der Waals surface area contributed by atoms with Crippen LogP contribution in [-0.2, 0) is 16.0 Å². The summed E-state index contributed by atoms with van der Waals surface area (Å²) in [6.45, 7) is 0. The minimum absolute atomic E-state index is 0.209. The van der Waals surface area contributed by atoms with E-state index in [2.05, 4.69) is 69.9 Å². The van der Waals surface area contributed by atoms with Gasteiger partial charge in [-0.25, -0.2) is 14.6 Å². The lowest BCUT2D eigenvalue weighted by molar-refractivity contribution is -0.159. The van der Waals surface area contributed by atoms with Gasteiger partial charge in [0.15, 0.2) is 0 Å². The van der Waals surface area contributed by atoms with E-state index >= 15 is 0 Å². The van der Waals surface area contributed by atoms with Crippen LogP contribution in [0.1, 0.15) is 61.3 Å². The summed E-state index contributed by atoms with van der Waals surface area (Å²) in [6, 6.07) is 19.8. The molecule has 0 amide bonds. The first-order valence-electron chi connectivity index (χ1n) is 12.4. The molecule has 1 saturated carbocycles. The van der Waals surface area contributed by atoms with Gasteiger partial charge >= 0.3 is 11.9 Å². The Hall–Kier alpha value is -3.91. The van der Waals surface area contributed by atoms with Gasteiger partial charge < -0.3 is 20.2 Å². The molecule has 2 aromatic carbocycles. The van der Waals surface area contributed by atoms with Crippen LogP contribution in [0.15, 0.2) is 60.8 Å². The van der Waals surface area contributed by atoms with E-state index in [4.69, 9.17) is 24.8 Å². The van der Waals surface area contributed by atoms with Gasteiger partial charge in [-0.1, -0.05) is 67.8 Å². The van der Waals surface area contributed by atoms with Gasteiger partial charge in [-0.15, -0.1) is 0 Å². The molecule has 2 unspecified atom stereocenters. The molecule has 8 nitrogen and oxygen atoms in total. The number of para-hydroxylation sites is 1. The van der Waals surface area contributed by atoms with Crippen LogP contribution in [0.2, 0.25) is 0 Å². The van der Waals surface area contributed by atoms with Gasteiger partial charge in [0, 0.05) is 16.6 Å². The summed E-state index contributed by atoms with van der Waals surface area (Å²) in [7, 11) is 0. The molecule has 2 atom stereocenters. The highest BCUT2D eigenvalue weighted by molar-refractivity contribution is 6.27. The third-order valence-electron chi connectivity index (χ3n) is 7.26. The summed E-state index contributed by atoms with van der Waals surface area (Å²) < 4.78 is 0. The van der Waals surface area contributed by atoms with E-state index in [1.165, 1.54) is 59.8 Å². The molecule has 5 N–H and O–H groups in total. The van der Waals surface area contributed by atoms with Gasteiger partial charge in [0.2, 0.25) is 0 Å². The molecule has 4 aromatic rings. The van der Waals surface area contributed by atoms with Crippen LogP contribution >= 0.6 is 0 Å². The molecular weight excluding hydrogens is 456 g/mol. The Bertz CT molecular complexity index is 1340. The molecule has 186 valence electrons. The van der Waals surface area contributed by atoms with Crippen LogP contribution in [-0.4, -0.2) is 37.1 Å². The molecular formula is C28H30N4O4. The number of carboxylic acid groups (broad SMARTS) is 2. The summed E-state index contributed by atoms with van der Waals surface area (Å²) in [6.07, 6.45) is 9.64. The standard InChI is InChI=1S/C26H28N4.C2H2O4/c1-3-9-17(10-4-1)23-16-27-26(30-23)22-15-20-19-13-7-8-14-21(19)28-25(20)24(29-22)18-11-5-2-6-12-18;3-1(4)2(5)6/h1,3-4,7-10,13-14,16,18,22,24,28-29H,2,5-6,11-12,15H2,(H,27,30);(H,3,4)(H,5,6). The van der Waals surface area contributed by atoms with Crippen molar-refractivity contribution in [2.45, 2.75) is 50.6 Å². The van der Waals surface area contributed by atoms with Crippen molar-refractivity contribution in [2.75, 3.05) is 0 Å². The van der Waals surface area contributed by atoms with E-state index in [1.807, 2.05) is 6.20 Å². The second-order valence-corrected chi connectivity index (χ2v) is 9.52. The second-order valence-electron chi connectivity index (χ2n) is 9.52. The number of hydrogen-bond donors (Lipinski definition) is 5. The highest BCUT2D eigenvalue weighted by Crippen LogP contribution is 2.43. The molecule has 6 rings (SSSR count). The lowest BCUT2D eigenvalue weighted by atomic mass is 9.79. The van der Waals surface area contributed by atoms with Crippen molar-refractivity contribution < 1.29 is 19.8 Å². The lowest BCUT2D eigenvalue weighted by Crippen LogP contribution is -2.38. The number of nitrogens with one attached hydrogen (secondary N) is 3. The average molecular weight is 487 g/mol. The summed E-state index contributed by atoms with van der Waals surface area (Å²) in [5, 5.41) is 20.1. The molecule has 36 heavy (non-hydrogen) atoms. The van der Waals surface area contributed by atoms with Gasteiger partial charge in [0.25, 0.3) is 0 Å². The average Bonchev–Trinajstić information content (AvgIpc) is 3.55. The summed E-state index contributed by atoms with van der Waals surface area (Å²) in [5.74, 6) is -1.91.